The average molecular weight is 260 g/mol. The van der Waals surface area contributed by atoms with Crippen molar-refractivity contribution in [3.8, 4) is 0 Å². The van der Waals surface area contributed by atoms with Crippen LogP contribution in [0.25, 0.3) is 0 Å². The predicted octanol–water partition coefficient (Wildman–Crippen LogP) is 1.13. The standard InChI is InChI=1S/C11H20N2O3S/c1-3-16-9(14)7-12-10(15)13-8-11(2)5-4-6-17-11/h3-8H2,1-2H3,(H2,12,13,15). The van der Waals surface area contributed by atoms with Crippen molar-refractivity contribution in [3.05, 3.63) is 0 Å². The maximum absolute atomic E-state index is 11.4. The van der Waals surface area contributed by atoms with Gasteiger partial charge in [0.1, 0.15) is 6.54 Å². The van der Waals surface area contributed by atoms with E-state index < -0.39 is 5.97 Å². The lowest BCUT2D eigenvalue weighted by molar-refractivity contribution is -0.141. The number of carbonyl (C=O) groups excluding carboxylic acids is 2. The van der Waals surface area contributed by atoms with Crippen molar-refractivity contribution in [2.24, 2.45) is 0 Å². The molecule has 1 saturated heterocycles. The number of hydrogen-bond donors (Lipinski definition) is 2. The minimum Gasteiger partial charge on any atom is -0.465 e. The molecule has 0 radical (unpaired) electrons. The van der Waals surface area contributed by atoms with Gasteiger partial charge in [0.05, 0.1) is 6.61 Å². The van der Waals surface area contributed by atoms with E-state index in [0.29, 0.717) is 13.2 Å². The molecule has 1 heterocycles. The summed E-state index contributed by atoms with van der Waals surface area (Å²) in [6.07, 6.45) is 2.32. The van der Waals surface area contributed by atoms with Crippen molar-refractivity contribution >= 4 is 23.8 Å². The maximum Gasteiger partial charge on any atom is 0.325 e. The summed E-state index contributed by atoms with van der Waals surface area (Å²) >= 11 is 1.89. The minimum absolute atomic E-state index is 0.0798. The lowest BCUT2D eigenvalue weighted by Gasteiger charge is -2.22. The topological polar surface area (TPSA) is 67.4 Å². The van der Waals surface area contributed by atoms with Gasteiger partial charge in [-0.05, 0) is 32.4 Å². The maximum atomic E-state index is 11.4. The summed E-state index contributed by atoms with van der Waals surface area (Å²) in [6, 6.07) is -0.313. The van der Waals surface area contributed by atoms with E-state index in [-0.39, 0.29) is 17.3 Å². The quantitative estimate of drug-likeness (QED) is 0.727. The second-order valence-corrected chi connectivity index (χ2v) is 5.93. The molecule has 0 aromatic heterocycles. The van der Waals surface area contributed by atoms with Crippen LogP contribution < -0.4 is 10.6 Å². The van der Waals surface area contributed by atoms with E-state index in [1.54, 1.807) is 6.92 Å². The molecule has 0 aromatic carbocycles. The first-order valence-electron chi connectivity index (χ1n) is 5.87. The summed E-state index contributed by atoms with van der Waals surface area (Å²) in [5.74, 6) is 0.743. The van der Waals surface area contributed by atoms with Gasteiger partial charge in [0.2, 0.25) is 0 Å². The van der Waals surface area contributed by atoms with Crippen LogP contribution in [0.15, 0.2) is 0 Å². The summed E-state index contributed by atoms with van der Waals surface area (Å²) in [5, 5.41) is 5.26. The fraction of sp³-hybridized carbons (Fsp3) is 0.818. The molecule has 17 heavy (non-hydrogen) atoms. The lowest BCUT2D eigenvalue weighted by atomic mass is 10.1. The third-order valence-electron chi connectivity index (χ3n) is 2.62. The van der Waals surface area contributed by atoms with Crippen LogP contribution in [0.4, 0.5) is 4.79 Å². The molecule has 0 aliphatic carbocycles. The first-order valence-corrected chi connectivity index (χ1v) is 6.85. The molecule has 1 aliphatic heterocycles. The first-order chi connectivity index (χ1) is 8.06. The van der Waals surface area contributed by atoms with Gasteiger partial charge < -0.3 is 15.4 Å². The van der Waals surface area contributed by atoms with E-state index in [2.05, 4.69) is 17.6 Å². The molecule has 0 bridgehead atoms. The van der Waals surface area contributed by atoms with Gasteiger partial charge in [-0.3, -0.25) is 4.79 Å². The summed E-state index contributed by atoms with van der Waals surface area (Å²) in [4.78, 5) is 22.4. The molecule has 98 valence electrons. The molecular weight excluding hydrogens is 240 g/mol. The van der Waals surface area contributed by atoms with Crippen LogP contribution in [-0.2, 0) is 9.53 Å². The van der Waals surface area contributed by atoms with Crippen molar-refractivity contribution < 1.29 is 14.3 Å². The van der Waals surface area contributed by atoms with Gasteiger partial charge in [-0.25, -0.2) is 4.79 Å². The van der Waals surface area contributed by atoms with Crippen LogP contribution in [0.2, 0.25) is 0 Å². The smallest absolute Gasteiger partial charge is 0.325 e. The first kappa shape index (κ1) is 14.2. The van der Waals surface area contributed by atoms with Gasteiger partial charge in [0.25, 0.3) is 0 Å². The molecule has 2 amide bonds. The molecule has 2 N–H and O–H groups in total. The molecule has 5 nitrogen and oxygen atoms in total. The van der Waals surface area contributed by atoms with E-state index in [9.17, 15) is 9.59 Å². The van der Waals surface area contributed by atoms with Crippen molar-refractivity contribution in [3.63, 3.8) is 0 Å². The van der Waals surface area contributed by atoms with E-state index in [1.807, 2.05) is 11.8 Å². The molecule has 0 saturated carbocycles. The number of esters is 1. The Labute approximate surface area is 106 Å². The minimum atomic E-state index is -0.413. The van der Waals surface area contributed by atoms with Crippen LogP contribution in [0.1, 0.15) is 26.7 Å². The Bertz CT molecular complexity index is 278. The lowest BCUT2D eigenvalue weighted by Crippen LogP contribution is -2.44. The van der Waals surface area contributed by atoms with E-state index >= 15 is 0 Å². The van der Waals surface area contributed by atoms with Crippen molar-refractivity contribution in [1.29, 1.82) is 0 Å². The Morgan fingerprint density at radius 3 is 2.76 bits per heavy atom. The highest BCUT2D eigenvalue weighted by molar-refractivity contribution is 8.00. The fourth-order valence-corrected chi connectivity index (χ4v) is 2.91. The van der Waals surface area contributed by atoms with Crippen LogP contribution in [0, 0.1) is 0 Å². The molecule has 1 atom stereocenters. The fourth-order valence-electron chi connectivity index (χ4n) is 1.67. The number of hydrogen-bond acceptors (Lipinski definition) is 4. The molecule has 0 aromatic rings. The highest BCUT2D eigenvalue weighted by Gasteiger charge is 2.29. The summed E-state index contributed by atoms with van der Waals surface area (Å²) < 4.78 is 4.84. The van der Waals surface area contributed by atoms with E-state index in [1.165, 1.54) is 6.42 Å². The van der Waals surface area contributed by atoms with Crippen LogP contribution in [0.3, 0.4) is 0 Å². The van der Waals surface area contributed by atoms with Gasteiger partial charge in [-0.2, -0.15) is 11.8 Å². The predicted molar refractivity (Wildman–Crippen MR) is 68.1 cm³/mol. The Hall–Kier alpha value is -0.910. The Morgan fingerprint density at radius 1 is 1.41 bits per heavy atom. The highest BCUT2D eigenvalue weighted by atomic mass is 32.2. The average Bonchev–Trinajstić information content (AvgIpc) is 2.72. The van der Waals surface area contributed by atoms with Gasteiger partial charge in [0.15, 0.2) is 0 Å². The van der Waals surface area contributed by atoms with Gasteiger partial charge in [-0.1, -0.05) is 0 Å². The molecule has 1 fully saturated rings. The zero-order valence-electron chi connectivity index (χ0n) is 10.4. The second kappa shape index (κ2) is 6.74. The summed E-state index contributed by atoms with van der Waals surface area (Å²) in [7, 11) is 0. The third kappa shape index (κ3) is 5.30. The Kier molecular flexibility index (Phi) is 5.61. The van der Waals surface area contributed by atoms with E-state index in [0.717, 1.165) is 12.2 Å². The molecule has 1 unspecified atom stereocenters. The molecule has 1 rings (SSSR count). The zero-order chi connectivity index (χ0) is 12.7. The SMILES string of the molecule is CCOC(=O)CNC(=O)NCC1(C)CCCS1. The van der Waals surface area contributed by atoms with E-state index in [4.69, 9.17) is 4.74 Å². The molecule has 6 heteroatoms. The van der Waals surface area contributed by atoms with Crippen LogP contribution in [-0.4, -0.2) is 42.2 Å². The van der Waals surface area contributed by atoms with Crippen molar-refractivity contribution in [1.82, 2.24) is 10.6 Å². The largest absolute Gasteiger partial charge is 0.465 e. The second-order valence-electron chi connectivity index (χ2n) is 4.24. The molecular formula is C11H20N2O3S. The Balaban J connectivity index is 2.14. The monoisotopic (exact) mass is 260 g/mol. The molecule has 1 aliphatic rings. The van der Waals surface area contributed by atoms with Gasteiger partial charge >= 0.3 is 12.0 Å². The van der Waals surface area contributed by atoms with Crippen LogP contribution >= 0.6 is 11.8 Å². The van der Waals surface area contributed by atoms with Gasteiger partial charge in [-0.15, -0.1) is 0 Å². The van der Waals surface area contributed by atoms with Gasteiger partial charge in [0, 0.05) is 11.3 Å². The number of amides is 2. The summed E-state index contributed by atoms with van der Waals surface area (Å²) in [6.45, 7) is 4.76. The van der Waals surface area contributed by atoms with Crippen molar-refractivity contribution in [2.75, 3.05) is 25.4 Å². The Morgan fingerprint density at radius 2 is 2.18 bits per heavy atom. The third-order valence-corrected chi connectivity index (χ3v) is 4.16. The molecule has 0 spiro atoms. The highest BCUT2D eigenvalue weighted by Crippen LogP contribution is 2.36. The number of carbonyl (C=O) groups is 2. The van der Waals surface area contributed by atoms with Crippen molar-refractivity contribution in [2.45, 2.75) is 31.4 Å². The normalized spacial score (nSPS) is 23.2. The summed E-state index contributed by atoms with van der Waals surface area (Å²) in [5.41, 5.74) is 0. The number of ether oxygens (including phenoxy) is 1. The number of thioether (sulfide) groups is 1. The zero-order valence-corrected chi connectivity index (χ0v) is 11.2. The number of rotatable bonds is 5. The number of urea groups is 1. The number of nitrogens with one attached hydrogen (secondary N) is 2. The van der Waals surface area contributed by atoms with Crippen LogP contribution in [0.5, 0.6) is 0 Å².